The van der Waals surface area contributed by atoms with Gasteiger partial charge in [0.05, 0.1) is 5.70 Å². The highest BCUT2D eigenvalue weighted by molar-refractivity contribution is 9.18. The van der Waals surface area contributed by atoms with E-state index in [4.69, 9.17) is 0 Å². The maximum Gasteiger partial charge on any atom is 0.131 e. The van der Waals surface area contributed by atoms with E-state index in [0.29, 0.717) is 5.56 Å². The van der Waals surface area contributed by atoms with E-state index in [-0.39, 0.29) is 11.9 Å². The summed E-state index contributed by atoms with van der Waals surface area (Å²) in [6, 6.07) is 14.9. The maximum absolute atomic E-state index is 14.0. The molecule has 0 bridgehead atoms. The summed E-state index contributed by atoms with van der Waals surface area (Å²) in [5.74, 6) is -0.208. The Bertz CT molecular complexity index is 899. The van der Waals surface area contributed by atoms with Crippen molar-refractivity contribution in [1.82, 2.24) is 5.32 Å². The van der Waals surface area contributed by atoms with Gasteiger partial charge < -0.3 is 5.32 Å². The van der Waals surface area contributed by atoms with Gasteiger partial charge in [0.25, 0.3) is 0 Å². The second-order valence-electron chi connectivity index (χ2n) is 6.49. The number of rotatable bonds is 7. The highest BCUT2D eigenvalue weighted by Gasteiger charge is 2.13. The lowest BCUT2D eigenvalue weighted by Gasteiger charge is -2.20. The number of nitrogens with one attached hydrogen (secondary N) is 1. The average molecular weight is 508 g/mol. The Morgan fingerprint density at radius 1 is 1.14 bits per heavy atom. The van der Waals surface area contributed by atoms with Gasteiger partial charge in [0.15, 0.2) is 0 Å². The first-order chi connectivity index (χ1) is 13.4. The molecule has 1 atom stereocenters. The molecule has 0 fully saturated rings. The molecule has 2 aromatic carbocycles. The van der Waals surface area contributed by atoms with Gasteiger partial charge in [-0.25, -0.2) is 9.38 Å². The zero-order chi connectivity index (χ0) is 20.7. The van der Waals surface area contributed by atoms with Crippen LogP contribution < -0.4 is 5.32 Å². The van der Waals surface area contributed by atoms with Crippen molar-refractivity contribution in [2.75, 3.05) is 0 Å². The first-order valence-electron chi connectivity index (χ1n) is 9.24. The van der Waals surface area contributed by atoms with Crippen LogP contribution in [0.3, 0.4) is 0 Å². The molecule has 2 aromatic rings. The normalized spacial score (nSPS) is 14.5. The van der Waals surface area contributed by atoms with Gasteiger partial charge in [-0.3, -0.25) is 0 Å². The molecule has 0 aliphatic carbocycles. The van der Waals surface area contributed by atoms with Crippen molar-refractivity contribution in [3.05, 3.63) is 81.9 Å². The van der Waals surface area contributed by atoms with Gasteiger partial charge >= 0.3 is 0 Å². The molecule has 5 heteroatoms. The van der Waals surface area contributed by atoms with Crippen LogP contribution in [0.4, 0.5) is 4.39 Å². The van der Waals surface area contributed by atoms with Crippen LogP contribution in [0.5, 0.6) is 0 Å². The van der Waals surface area contributed by atoms with Crippen LogP contribution >= 0.6 is 31.9 Å². The van der Waals surface area contributed by atoms with E-state index in [2.05, 4.69) is 62.9 Å². The Morgan fingerprint density at radius 3 is 2.36 bits per heavy atom. The van der Waals surface area contributed by atoms with Crippen LogP contribution in [0.15, 0.2) is 75.5 Å². The van der Waals surface area contributed by atoms with Crippen molar-refractivity contribution >= 4 is 36.5 Å². The molecule has 0 aromatic heterocycles. The summed E-state index contributed by atoms with van der Waals surface area (Å²) in [6.07, 6.45) is 2.81. The number of benzene rings is 2. The zero-order valence-corrected chi connectivity index (χ0v) is 19.7. The van der Waals surface area contributed by atoms with Crippen molar-refractivity contribution < 1.29 is 4.39 Å². The lowest BCUT2D eigenvalue weighted by atomic mass is 10.0. The fourth-order valence-corrected chi connectivity index (χ4v) is 3.76. The number of hydrogen-bond acceptors (Lipinski definition) is 2. The largest absolute Gasteiger partial charge is 0.376 e. The molecule has 2 rings (SSSR count). The number of aliphatic imine (C=N–C) groups is 1. The molecule has 28 heavy (non-hydrogen) atoms. The van der Waals surface area contributed by atoms with Crippen LogP contribution in [0.25, 0.3) is 11.1 Å². The summed E-state index contributed by atoms with van der Waals surface area (Å²) >= 11 is 7.02. The van der Waals surface area contributed by atoms with Gasteiger partial charge in [0.2, 0.25) is 0 Å². The van der Waals surface area contributed by atoms with Gasteiger partial charge in [-0.1, -0.05) is 55.5 Å². The first kappa shape index (κ1) is 22.6. The van der Waals surface area contributed by atoms with E-state index in [1.165, 1.54) is 11.6 Å². The van der Waals surface area contributed by atoms with Crippen LogP contribution in [-0.2, 0) is 0 Å². The minimum Gasteiger partial charge on any atom is -0.376 e. The summed E-state index contributed by atoms with van der Waals surface area (Å²) in [6.45, 7) is 8.25. The third-order valence-corrected chi connectivity index (χ3v) is 5.77. The van der Waals surface area contributed by atoms with E-state index in [1.54, 1.807) is 12.1 Å². The molecule has 0 radical (unpaired) electrons. The molecule has 1 N–H and O–H groups in total. The van der Waals surface area contributed by atoms with Crippen molar-refractivity contribution in [1.29, 1.82) is 0 Å². The molecular weight excluding hydrogens is 483 g/mol. The Morgan fingerprint density at radius 2 is 1.79 bits per heavy atom. The minimum absolute atomic E-state index is 0.0679. The summed E-state index contributed by atoms with van der Waals surface area (Å²) in [4.78, 5) is 4.52. The standard InChI is InChI=1S/C23H25Br2FN2/c1-5-15(3)22(23(25)28-21(24)6-2)27-16(4)17-11-13-18(14-12-17)19-9-7-8-10-20(19)26/h6-14,16,27H,5H2,1-4H3/b21-6-,22-15?,28-23+. The summed E-state index contributed by atoms with van der Waals surface area (Å²) < 4.78 is 15.5. The lowest BCUT2D eigenvalue weighted by molar-refractivity contribution is 0.631. The van der Waals surface area contributed by atoms with Crippen molar-refractivity contribution in [2.24, 2.45) is 4.99 Å². The first-order valence-corrected chi connectivity index (χ1v) is 10.8. The number of nitrogens with zero attached hydrogens (tertiary/aromatic N) is 1. The van der Waals surface area contributed by atoms with Crippen LogP contribution in [-0.4, -0.2) is 4.62 Å². The van der Waals surface area contributed by atoms with E-state index in [1.807, 2.05) is 43.3 Å². The fraction of sp³-hybridized carbons (Fsp3) is 0.261. The zero-order valence-electron chi connectivity index (χ0n) is 16.6. The number of halogens is 3. The smallest absolute Gasteiger partial charge is 0.131 e. The fourth-order valence-electron chi connectivity index (χ4n) is 2.70. The molecule has 1 unspecified atom stereocenters. The quantitative estimate of drug-likeness (QED) is 0.299. The van der Waals surface area contributed by atoms with Gasteiger partial charge in [0.1, 0.15) is 15.0 Å². The molecule has 0 aliphatic rings. The molecule has 0 amide bonds. The van der Waals surface area contributed by atoms with E-state index < -0.39 is 0 Å². The van der Waals surface area contributed by atoms with Crippen molar-refractivity contribution in [3.63, 3.8) is 0 Å². The van der Waals surface area contributed by atoms with Crippen LogP contribution in [0.1, 0.15) is 45.7 Å². The lowest BCUT2D eigenvalue weighted by Crippen LogP contribution is -2.23. The molecule has 2 nitrogen and oxygen atoms in total. The average Bonchev–Trinajstić information content (AvgIpc) is 2.71. The third kappa shape index (κ3) is 5.89. The Kier molecular flexibility index (Phi) is 8.64. The van der Waals surface area contributed by atoms with Crippen molar-refractivity contribution in [3.8, 4) is 11.1 Å². The minimum atomic E-state index is -0.208. The maximum atomic E-state index is 14.0. The Labute approximate surface area is 183 Å². The summed E-state index contributed by atoms with van der Waals surface area (Å²) in [7, 11) is 0. The molecule has 0 saturated heterocycles. The highest BCUT2D eigenvalue weighted by Crippen LogP contribution is 2.26. The predicted molar refractivity (Wildman–Crippen MR) is 125 cm³/mol. The summed E-state index contributed by atoms with van der Waals surface area (Å²) in [5, 5.41) is 3.56. The third-order valence-electron chi connectivity index (χ3n) is 4.56. The number of allylic oxidation sites excluding steroid dienone is 3. The highest BCUT2D eigenvalue weighted by atomic mass is 79.9. The van der Waals surface area contributed by atoms with Gasteiger partial charge in [-0.2, -0.15) is 0 Å². The van der Waals surface area contributed by atoms with Crippen molar-refractivity contribution in [2.45, 2.75) is 40.2 Å². The van der Waals surface area contributed by atoms with Crippen LogP contribution in [0.2, 0.25) is 0 Å². The topological polar surface area (TPSA) is 24.4 Å². The van der Waals surface area contributed by atoms with Gasteiger partial charge in [0, 0.05) is 11.6 Å². The molecule has 0 aliphatic heterocycles. The molecule has 0 spiro atoms. The van der Waals surface area contributed by atoms with E-state index in [0.717, 1.165) is 32.5 Å². The molecule has 148 valence electrons. The SMILES string of the molecule is C/C=C(Br)\N=C(\Br)C(NC(C)c1ccc(-c2ccccc2F)cc1)=C(C)CC. The Balaban J connectivity index is 2.26. The number of hydrogen-bond donors (Lipinski definition) is 1. The molecule has 0 heterocycles. The second kappa shape index (κ2) is 10.7. The predicted octanol–water partition coefficient (Wildman–Crippen LogP) is 7.88. The molecule has 0 saturated carbocycles. The summed E-state index contributed by atoms with van der Waals surface area (Å²) in [5.41, 5.74) is 4.79. The second-order valence-corrected chi connectivity index (χ2v) is 8.05. The van der Waals surface area contributed by atoms with Gasteiger partial charge in [-0.15, -0.1) is 0 Å². The molecular formula is C23H25Br2FN2. The van der Waals surface area contributed by atoms with E-state index in [9.17, 15) is 4.39 Å². The van der Waals surface area contributed by atoms with E-state index >= 15 is 0 Å². The van der Waals surface area contributed by atoms with Crippen LogP contribution in [0, 0.1) is 5.82 Å². The Hall–Kier alpha value is -1.72. The monoisotopic (exact) mass is 506 g/mol. The van der Waals surface area contributed by atoms with Gasteiger partial charge in [-0.05, 0) is 81.8 Å².